The number of carboxylic acid groups (broad SMARTS) is 1. The van der Waals surface area contributed by atoms with Crippen LogP contribution < -0.4 is 11.0 Å². The van der Waals surface area contributed by atoms with Crippen molar-refractivity contribution in [3.8, 4) is 5.69 Å². The molecule has 2 heterocycles. The third kappa shape index (κ3) is 5.99. The van der Waals surface area contributed by atoms with E-state index in [1.54, 1.807) is 6.92 Å². The van der Waals surface area contributed by atoms with Crippen LogP contribution in [0.1, 0.15) is 57.9 Å². The summed E-state index contributed by atoms with van der Waals surface area (Å²) in [4.78, 5) is 28.5. The van der Waals surface area contributed by atoms with Gasteiger partial charge in [-0.25, -0.2) is 4.68 Å². The van der Waals surface area contributed by atoms with Gasteiger partial charge in [0.25, 0.3) is 5.56 Å². The molecule has 0 spiro atoms. The largest absolute Gasteiger partial charge is 0.480 e. The topological polar surface area (TPSA) is 106 Å². The zero-order valence-corrected chi connectivity index (χ0v) is 22.2. The normalized spacial score (nSPS) is 16.3. The fourth-order valence-corrected chi connectivity index (χ4v) is 4.58. The number of carbonyl (C=O) groups is 1. The highest BCUT2D eigenvalue weighted by molar-refractivity contribution is 7.80. The van der Waals surface area contributed by atoms with E-state index in [2.05, 4.69) is 36.4 Å². The van der Waals surface area contributed by atoms with Crippen molar-refractivity contribution in [3.05, 3.63) is 51.4 Å². The standard InChI is InChI=1S/C25H36N6O3S/c1-7-20(23(33)34)29-12-14-30(15-13-29)24(35)27-26-16(2)21-17(3)28-31(22(21)32)19-10-8-18(9-11-19)25(4,5)6/h8-11,20,28H,7,12-15H2,1-6H3,(H,27,35)(H,33,34). The summed E-state index contributed by atoms with van der Waals surface area (Å²) in [5, 5.41) is 17.4. The van der Waals surface area contributed by atoms with Crippen molar-refractivity contribution < 1.29 is 9.90 Å². The van der Waals surface area contributed by atoms with Crippen LogP contribution in [0.4, 0.5) is 0 Å². The summed E-state index contributed by atoms with van der Waals surface area (Å²) in [5.74, 6) is -0.792. The van der Waals surface area contributed by atoms with Gasteiger partial charge in [0, 0.05) is 31.9 Å². The van der Waals surface area contributed by atoms with Crippen LogP contribution in [0.15, 0.2) is 34.2 Å². The van der Waals surface area contributed by atoms with Crippen LogP contribution in [0.5, 0.6) is 0 Å². The van der Waals surface area contributed by atoms with Crippen molar-refractivity contribution in [3.63, 3.8) is 0 Å². The minimum atomic E-state index is -0.792. The number of benzene rings is 1. The molecule has 35 heavy (non-hydrogen) atoms. The van der Waals surface area contributed by atoms with Crippen molar-refractivity contribution in [2.45, 2.75) is 59.4 Å². The van der Waals surface area contributed by atoms with Gasteiger partial charge >= 0.3 is 5.97 Å². The molecule has 1 aliphatic rings. The number of carboxylic acids is 1. The Balaban J connectivity index is 1.68. The third-order valence-electron chi connectivity index (χ3n) is 6.46. The second-order valence-corrected chi connectivity index (χ2v) is 10.3. The van der Waals surface area contributed by atoms with Gasteiger partial charge in [0.1, 0.15) is 6.04 Å². The predicted octanol–water partition coefficient (Wildman–Crippen LogP) is 2.85. The Kier molecular flexibility index (Phi) is 8.17. The molecular formula is C25H36N6O3S. The molecule has 0 radical (unpaired) electrons. The zero-order chi connectivity index (χ0) is 25.9. The first-order chi connectivity index (χ1) is 16.4. The second kappa shape index (κ2) is 10.7. The lowest BCUT2D eigenvalue weighted by molar-refractivity contribution is -0.144. The highest BCUT2D eigenvalue weighted by Crippen LogP contribution is 2.23. The molecule has 0 amide bonds. The molecule has 1 unspecified atom stereocenters. The summed E-state index contributed by atoms with van der Waals surface area (Å²) in [6.45, 7) is 14.4. The van der Waals surface area contributed by atoms with Crippen LogP contribution in [0, 0.1) is 6.92 Å². The number of aryl methyl sites for hydroxylation is 1. The van der Waals surface area contributed by atoms with E-state index < -0.39 is 12.0 Å². The molecule has 190 valence electrons. The molecule has 3 rings (SSSR count). The number of aliphatic carboxylic acids is 1. The first kappa shape index (κ1) is 26.6. The molecule has 0 saturated carbocycles. The quantitative estimate of drug-likeness (QED) is 0.318. The van der Waals surface area contributed by atoms with E-state index >= 15 is 0 Å². The number of H-pyrrole nitrogens is 1. The molecule has 3 N–H and O–H groups in total. The smallest absolute Gasteiger partial charge is 0.320 e. The Hall–Kier alpha value is -2.98. The van der Waals surface area contributed by atoms with Gasteiger partial charge in [-0.1, -0.05) is 39.8 Å². The van der Waals surface area contributed by atoms with Gasteiger partial charge in [-0.2, -0.15) is 5.10 Å². The molecule has 1 saturated heterocycles. The van der Waals surface area contributed by atoms with Crippen LogP contribution in [-0.2, 0) is 10.2 Å². The van der Waals surface area contributed by atoms with Gasteiger partial charge in [-0.3, -0.25) is 25.0 Å². The Morgan fingerprint density at radius 2 is 1.80 bits per heavy atom. The number of hydrogen-bond donors (Lipinski definition) is 3. The maximum Gasteiger partial charge on any atom is 0.320 e. The molecule has 0 aliphatic carbocycles. The molecule has 1 aliphatic heterocycles. The highest BCUT2D eigenvalue weighted by atomic mass is 32.1. The maximum atomic E-state index is 13.2. The van der Waals surface area contributed by atoms with Gasteiger partial charge in [0.05, 0.1) is 17.0 Å². The van der Waals surface area contributed by atoms with E-state index in [1.165, 1.54) is 10.2 Å². The lowest BCUT2D eigenvalue weighted by Crippen LogP contribution is -2.55. The minimum absolute atomic E-state index is 0.0360. The lowest BCUT2D eigenvalue weighted by atomic mass is 9.87. The number of aromatic nitrogens is 2. The maximum absolute atomic E-state index is 13.2. The molecule has 1 aromatic heterocycles. The summed E-state index contributed by atoms with van der Waals surface area (Å²) < 4.78 is 1.53. The fraction of sp³-hybridized carbons (Fsp3) is 0.520. The highest BCUT2D eigenvalue weighted by Gasteiger charge is 2.28. The van der Waals surface area contributed by atoms with Crippen LogP contribution in [0.3, 0.4) is 0 Å². The van der Waals surface area contributed by atoms with E-state index in [0.717, 1.165) is 11.4 Å². The summed E-state index contributed by atoms with van der Waals surface area (Å²) >= 11 is 5.50. The SMILES string of the molecule is CCC(C(=O)O)N1CCN(C(=S)NN=C(C)c2c(C)[nH]n(-c3ccc(C(C)(C)C)cc3)c2=O)CC1. The average Bonchev–Trinajstić information content (AvgIpc) is 3.11. The number of nitrogens with one attached hydrogen (secondary N) is 2. The number of hydrazone groups is 1. The van der Waals surface area contributed by atoms with Gasteiger partial charge in [-0.05, 0) is 55.6 Å². The van der Waals surface area contributed by atoms with Gasteiger partial charge in [0.15, 0.2) is 5.11 Å². The van der Waals surface area contributed by atoms with E-state index in [-0.39, 0.29) is 11.0 Å². The molecule has 1 fully saturated rings. The van der Waals surface area contributed by atoms with Crippen LogP contribution in [0.25, 0.3) is 5.69 Å². The van der Waals surface area contributed by atoms with Crippen LogP contribution in [-0.4, -0.2) is 73.7 Å². The Bertz CT molecular complexity index is 1150. The number of rotatable bonds is 6. The summed E-state index contributed by atoms with van der Waals surface area (Å²) in [6.07, 6.45) is 0.565. The number of thiocarbonyl (C=S) groups is 1. The number of hydrogen-bond acceptors (Lipinski definition) is 5. The average molecular weight is 501 g/mol. The Morgan fingerprint density at radius 3 is 2.31 bits per heavy atom. The van der Waals surface area contributed by atoms with Crippen molar-refractivity contribution >= 4 is 29.0 Å². The minimum Gasteiger partial charge on any atom is -0.480 e. The van der Waals surface area contributed by atoms with E-state index in [9.17, 15) is 14.7 Å². The Morgan fingerprint density at radius 1 is 1.20 bits per heavy atom. The molecule has 9 nitrogen and oxygen atoms in total. The molecular weight excluding hydrogens is 464 g/mol. The van der Waals surface area contributed by atoms with Gasteiger partial charge in [-0.15, -0.1) is 0 Å². The number of nitrogens with zero attached hydrogens (tertiary/aromatic N) is 4. The number of piperazine rings is 1. The van der Waals surface area contributed by atoms with E-state index in [4.69, 9.17) is 12.2 Å². The van der Waals surface area contributed by atoms with Crippen LogP contribution >= 0.6 is 12.2 Å². The number of aromatic amines is 1. The Labute approximate surface area is 211 Å². The molecule has 2 aromatic rings. The van der Waals surface area contributed by atoms with E-state index in [0.29, 0.717) is 49.0 Å². The first-order valence-electron chi connectivity index (χ1n) is 11.9. The van der Waals surface area contributed by atoms with Crippen molar-refractivity contribution in [2.24, 2.45) is 5.10 Å². The predicted molar refractivity (Wildman–Crippen MR) is 143 cm³/mol. The zero-order valence-electron chi connectivity index (χ0n) is 21.4. The summed E-state index contributed by atoms with van der Waals surface area (Å²) in [5.41, 5.74) is 6.48. The summed E-state index contributed by atoms with van der Waals surface area (Å²) in [6, 6.07) is 7.49. The lowest BCUT2D eigenvalue weighted by Gasteiger charge is -2.38. The molecule has 1 aromatic carbocycles. The summed E-state index contributed by atoms with van der Waals surface area (Å²) in [7, 11) is 0. The monoisotopic (exact) mass is 500 g/mol. The van der Waals surface area contributed by atoms with Crippen molar-refractivity contribution in [1.82, 2.24) is 25.0 Å². The second-order valence-electron chi connectivity index (χ2n) is 9.95. The first-order valence-corrected chi connectivity index (χ1v) is 12.3. The fourth-order valence-electron chi connectivity index (χ4n) is 4.35. The van der Waals surface area contributed by atoms with E-state index in [1.807, 2.05) is 47.9 Å². The molecule has 1 atom stereocenters. The van der Waals surface area contributed by atoms with Gasteiger partial charge < -0.3 is 10.0 Å². The van der Waals surface area contributed by atoms with Gasteiger partial charge in [0.2, 0.25) is 0 Å². The third-order valence-corrected chi connectivity index (χ3v) is 6.81. The van der Waals surface area contributed by atoms with Crippen molar-refractivity contribution in [2.75, 3.05) is 26.2 Å². The van der Waals surface area contributed by atoms with Crippen LogP contribution in [0.2, 0.25) is 0 Å². The molecule has 0 bridgehead atoms. The van der Waals surface area contributed by atoms with Crippen molar-refractivity contribution in [1.29, 1.82) is 0 Å². The molecule has 10 heteroatoms.